The van der Waals surface area contributed by atoms with Crippen LogP contribution < -0.4 is 4.74 Å². The molecule has 0 spiro atoms. The van der Waals surface area contributed by atoms with Crippen LogP contribution >= 0.6 is 0 Å². The van der Waals surface area contributed by atoms with E-state index in [2.05, 4.69) is 0 Å². The van der Waals surface area contributed by atoms with Gasteiger partial charge in [0.25, 0.3) is 0 Å². The van der Waals surface area contributed by atoms with E-state index in [9.17, 15) is 18.3 Å². The summed E-state index contributed by atoms with van der Waals surface area (Å²) < 4.78 is 44.9. The monoisotopic (exact) mass is 294 g/mol. The van der Waals surface area contributed by atoms with Crippen LogP contribution in [-0.2, 0) is 12.6 Å². The molecule has 0 aromatic heterocycles. The summed E-state index contributed by atoms with van der Waals surface area (Å²) in [5, 5.41) is 9.42. The predicted octanol–water partition coefficient (Wildman–Crippen LogP) is 4.48. The van der Waals surface area contributed by atoms with Gasteiger partial charge in [0.1, 0.15) is 17.6 Å². The van der Waals surface area contributed by atoms with Crippen LogP contribution in [0.3, 0.4) is 0 Å². The molecule has 21 heavy (non-hydrogen) atoms. The lowest BCUT2D eigenvalue weighted by molar-refractivity contribution is -0.139. The van der Waals surface area contributed by atoms with Crippen molar-refractivity contribution in [3.63, 3.8) is 0 Å². The minimum Gasteiger partial charge on any atom is -0.508 e. The van der Waals surface area contributed by atoms with Gasteiger partial charge in [-0.15, -0.1) is 0 Å². The fourth-order valence-electron chi connectivity index (χ4n) is 2.63. The lowest BCUT2D eigenvalue weighted by Crippen LogP contribution is -2.19. The van der Waals surface area contributed by atoms with E-state index in [0.717, 1.165) is 11.6 Å². The second-order valence-electron chi connectivity index (χ2n) is 5.02. The van der Waals surface area contributed by atoms with Gasteiger partial charge >= 0.3 is 6.18 Å². The number of fused-ring (bicyclic) bond motifs is 1. The van der Waals surface area contributed by atoms with Gasteiger partial charge in [-0.2, -0.15) is 13.2 Å². The Hall–Kier alpha value is -2.17. The summed E-state index contributed by atoms with van der Waals surface area (Å²) in [6, 6.07) is 10.1. The molecule has 0 saturated carbocycles. The molecule has 0 amide bonds. The number of halogens is 3. The molecule has 3 rings (SSSR count). The number of aromatic hydroxyl groups is 1. The third kappa shape index (κ3) is 2.68. The number of phenolic OH excluding ortho intramolecular Hbond substituents is 1. The molecule has 2 nitrogen and oxygen atoms in total. The van der Waals surface area contributed by atoms with Crippen LogP contribution in [0.25, 0.3) is 0 Å². The van der Waals surface area contributed by atoms with Crippen LogP contribution in [0.4, 0.5) is 13.2 Å². The van der Waals surface area contributed by atoms with Crippen molar-refractivity contribution >= 4 is 0 Å². The Morgan fingerprint density at radius 3 is 2.62 bits per heavy atom. The number of benzene rings is 2. The minimum absolute atomic E-state index is 0.131. The van der Waals surface area contributed by atoms with Gasteiger partial charge in [-0.1, -0.05) is 18.2 Å². The van der Waals surface area contributed by atoms with Crippen molar-refractivity contribution < 1.29 is 23.0 Å². The van der Waals surface area contributed by atoms with Gasteiger partial charge < -0.3 is 9.84 Å². The first-order chi connectivity index (χ1) is 9.95. The van der Waals surface area contributed by atoms with Crippen molar-refractivity contribution in [1.82, 2.24) is 0 Å². The zero-order valence-corrected chi connectivity index (χ0v) is 11.0. The highest BCUT2D eigenvalue weighted by Gasteiger charge is 2.36. The van der Waals surface area contributed by atoms with Gasteiger partial charge in [0, 0.05) is 5.56 Å². The van der Waals surface area contributed by atoms with Gasteiger partial charge in [-0.25, -0.2) is 0 Å². The van der Waals surface area contributed by atoms with Crippen LogP contribution in [0.2, 0.25) is 0 Å². The Morgan fingerprint density at radius 2 is 1.86 bits per heavy atom. The lowest BCUT2D eigenvalue weighted by Gasteiger charge is -2.28. The van der Waals surface area contributed by atoms with E-state index in [1.807, 2.05) is 0 Å². The molecule has 1 atom stereocenters. The van der Waals surface area contributed by atoms with Crippen LogP contribution in [0.1, 0.15) is 29.2 Å². The Kier molecular flexibility index (Phi) is 3.27. The SMILES string of the molecule is Oc1ccc2c(c1)CCC(c1ccccc1C(F)(F)F)O2. The van der Waals surface area contributed by atoms with E-state index in [1.54, 1.807) is 18.2 Å². The van der Waals surface area contributed by atoms with Gasteiger partial charge in [0.05, 0.1) is 5.56 Å². The van der Waals surface area contributed by atoms with E-state index < -0.39 is 17.8 Å². The van der Waals surface area contributed by atoms with Gasteiger partial charge in [-0.3, -0.25) is 0 Å². The largest absolute Gasteiger partial charge is 0.508 e. The summed E-state index contributed by atoms with van der Waals surface area (Å²) in [4.78, 5) is 0. The number of alkyl halides is 3. The number of hydrogen-bond acceptors (Lipinski definition) is 2. The van der Waals surface area contributed by atoms with E-state index in [0.29, 0.717) is 18.6 Å². The smallest absolute Gasteiger partial charge is 0.416 e. The van der Waals surface area contributed by atoms with Gasteiger partial charge in [0.2, 0.25) is 0 Å². The maximum atomic E-state index is 13.1. The number of rotatable bonds is 1. The van der Waals surface area contributed by atoms with Crippen molar-refractivity contribution in [1.29, 1.82) is 0 Å². The van der Waals surface area contributed by atoms with Crippen molar-refractivity contribution in [3.05, 3.63) is 59.2 Å². The zero-order chi connectivity index (χ0) is 15.0. The highest BCUT2D eigenvalue weighted by atomic mass is 19.4. The standard InChI is InChI=1S/C16H13F3O2/c17-16(18,19)13-4-2-1-3-12(13)15-7-5-10-9-11(20)6-8-14(10)21-15/h1-4,6,8-9,15,20H,5,7H2. The molecule has 110 valence electrons. The number of ether oxygens (including phenoxy) is 1. The summed E-state index contributed by atoms with van der Waals surface area (Å²) in [5.74, 6) is 0.660. The molecular weight excluding hydrogens is 281 g/mol. The van der Waals surface area contributed by atoms with Crippen molar-refractivity contribution in [2.45, 2.75) is 25.1 Å². The molecule has 1 aliphatic heterocycles. The number of phenols is 1. The first kappa shape index (κ1) is 13.8. The zero-order valence-electron chi connectivity index (χ0n) is 11.0. The summed E-state index contributed by atoms with van der Waals surface area (Å²) >= 11 is 0. The molecule has 0 radical (unpaired) electrons. The minimum atomic E-state index is -4.39. The van der Waals surface area contributed by atoms with E-state index in [1.165, 1.54) is 18.2 Å². The maximum Gasteiger partial charge on any atom is 0.416 e. The maximum absolute atomic E-state index is 13.1. The van der Waals surface area contributed by atoms with Gasteiger partial charge in [0.15, 0.2) is 0 Å². The first-order valence-electron chi connectivity index (χ1n) is 6.60. The topological polar surface area (TPSA) is 29.5 Å². The molecule has 0 saturated heterocycles. The average molecular weight is 294 g/mol. The molecule has 0 aliphatic carbocycles. The highest BCUT2D eigenvalue weighted by molar-refractivity contribution is 5.42. The molecule has 2 aromatic carbocycles. The Morgan fingerprint density at radius 1 is 1.10 bits per heavy atom. The third-order valence-corrected chi connectivity index (χ3v) is 3.60. The highest BCUT2D eigenvalue weighted by Crippen LogP contribution is 2.41. The van der Waals surface area contributed by atoms with Crippen LogP contribution in [0.5, 0.6) is 11.5 Å². The quantitative estimate of drug-likeness (QED) is 0.840. The average Bonchev–Trinajstić information content (AvgIpc) is 2.46. The molecule has 1 unspecified atom stereocenters. The summed E-state index contributed by atoms with van der Waals surface area (Å²) in [6.45, 7) is 0. The molecule has 0 bridgehead atoms. The van der Waals surface area contributed by atoms with Crippen LogP contribution in [-0.4, -0.2) is 5.11 Å². The second-order valence-corrected chi connectivity index (χ2v) is 5.02. The normalized spacial score (nSPS) is 18.0. The molecule has 1 N–H and O–H groups in total. The third-order valence-electron chi connectivity index (χ3n) is 3.60. The van der Waals surface area contributed by atoms with E-state index >= 15 is 0 Å². The van der Waals surface area contributed by atoms with E-state index in [-0.39, 0.29) is 11.3 Å². The molecule has 1 aliphatic rings. The van der Waals surface area contributed by atoms with Crippen molar-refractivity contribution in [2.75, 3.05) is 0 Å². The van der Waals surface area contributed by atoms with Crippen LogP contribution in [0.15, 0.2) is 42.5 Å². The number of aryl methyl sites for hydroxylation is 1. The molecular formula is C16H13F3O2. The van der Waals surface area contributed by atoms with E-state index in [4.69, 9.17) is 4.74 Å². The van der Waals surface area contributed by atoms with Gasteiger partial charge in [-0.05, 0) is 42.7 Å². The van der Waals surface area contributed by atoms with Crippen molar-refractivity contribution in [2.24, 2.45) is 0 Å². The Balaban J connectivity index is 1.95. The lowest BCUT2D eigenvalue weighted by atomic mass is 9.94. The molecule has 2 aromatic rings. The second kappa shape index (κ2) is 4.98. The summed E-state index contributed by atoms with van der Waals surface area (Å²) in [7, 11) is 0. The fourth-order valence-corrected chi connectivity index (χ4v) is 2.63. The number of hydrogen-bond donors (Lipinski definition) is 1. The van der Waals surface area contributed by atoms with Crippen molar-refractivity contribution in [3.8, 4) is 11.5 Å². The molecule has 0 fully saturated rings. The predicted molar refractivity (Wildman–Crippen MR) is 71.2 cm³/mol. The first-order valence-corrected chi connectivity index (χ1v) is 6.60. The Labute approximate surface area is 119 Å². The summed E-state index contributed by atoms with van der Waals surface area (Å²) in [6.07, 6.45) is -4.00. The fraction of sp³-hybridized carbons (Fsp3) is 0.250. The Bertz CT molecular complexity index is 665. The van der Waals surface area contributed by atoms with Crippen LogP contribution in [0, 0.1) is 0 Å². The summed E-state index contributed by atoms with van der Waals surface area (Å²) in [5.41, 5.74) is 0.316. The molecule has 5 heteroatoms. The molecule has 1 heterocycles.